The molecule has 4 rings (SSSR count). The van der Waals surface area contributed by atoms with Crippen LogP contribution in [0.2, 0.25) is 0 Å². The maximum absolute atomic E-state index is 13.0. The molecule has 1 aliphatic carbocycles. The van der Waals surface area contributed by atoms with Crippen LogP contribution in [0, 0.1) is 0 Å². The summed E-state index contributed by atoms with van der Waals surface area (Å²) in [6.45, 7) is 1.27. The molecule has 144 valence electrons. The summed E-state index contributed by atoms with van der Waals surface area (Å²) in [6.07, 6.45) is 11.9. The number of para-hydroxylation sites is 1. The van der Waals surface area contributed by atoms with E-state index in [1.807, 2.05) is 24.3 Å². The average Bonchev–Trinajstić information content (AvgIpc) is 3.18. The molecule has 1 aromatic heterocycles. The number of nitrogens with zero attached hydrogens (tertiary/aromatic N) is 2. The van der Waals surface area contributed by atoms with Gasteiger partial charge in [-0.2, -0.15) is 0 Å². The summed E-state index contributed by atoms with van der Waals surface area (Å²) in [4.78, 5) is 31.3. The SMILES string of the molecule is O=C(NCCC1=CCCCC1)c1cncc(C(=O)N2CCc3ccccc32)c1. The third-order valence-corrected chi connectivity index (χ3v) is 5.50. The Morgan fingerprint density at radius 2 is 1.93 bits per heavy atom. The molecule has 0 bridgehead atoms. The summed E-state index contributed by atoms with van der Waals surface area (Å²) in [5, 5.41) is 2.95. The lowest BCUT2D eigenvalue weighted by molar-refractivity contribution is 0.0953. The van der Waals surface area contributed by atoms with E-state index in [1.165, 1.54) is 36.4 Å². The van der Waals surface area contributed by atoms with Gasteiger partial charge in [0.2, 0.25) is 0 Å². The van der Waals surface area contributed by atoms with Gasteiger partial charge in [0, 0.05) is 31.2 Å². The number of benzene rings is 1. The number of aromatic nitrogens is 1. The highest BCUT2D eigenvalue weighted by molar-refractivity contribution is 6.08. The summed E-state index contributed by atoms with van der Waals surface area (Å²) >= 11 is 0. The van der Waals surface area contributed by atoms with E-state index < -0.39 is 0 Å². The normalized spacial score (nSPS) is 15.7. The Hall–Kier alpha value is -2.95. The van der Waals surface area contributed by atoms with Gasteiger partial charge < -0.3 is 10.2 Å². The zero-order valence-electron chi connectivity index (χ0n) is 16.0. The molecule has 0 radical (unpaired) electrons. The van der Waals surface area contributed by atoms with Crippen molar-refractivity contribution < 1.29 is 9.59 Å². The lowest BCUT2D eigenvalue weighted by Crippen LogP contribution is -2.30. The fourth-order valence-electron chi connectivity index (χ4n) is 3.96. The zero-order chi connectivity index (χ0) is 19.3. The van der Waals surface area contributed by atoms with Crippen molar-refractivity contribution in [2.75, 3.05) is 18.0 Å². The molecule has 0 fully saturated rings. The molecule has 5 heteroatoms. The molecule has 2 amide bonds. The fraction of sp³-hybridized carbons (Fsp3) is 0.348. The molecule has 1 N–H and O–H groups in total. The third kappa shape index (κ3) is 3.98. The molecule has 5 nitrogen and oxygen atoms in total. The van der Waals surface area contributed by atoms with Crippen LogP contribution in [0.4, 0.5) is 5.69 Å². The molecule has 0 unspecified atom stereocenters. The molecule has 0 spiro atoms. The number of hydrogen-bond donors (Lipinski definition) is 1. The third-order valence-electron chi connectivity index (χ3n) is 5.50. The van der Waals surface area contributed by atoms with E-state index in [1.54, 1.807) is 11.0 Å². The molecule has 0 saturated heterocycles. The lowest BCUT2D eigenvalue weighted by atomic mass is 9.97. The average molecular weight is 375 g/mol. The van der Waals surface area contributed by atoms with Crippen molar-refractivity contribution in [3.05, 3.63) is 71.1 Å². The highest BCUT2D eigenvalue weighted by Crippen LogP contribution is 2.28. The molecule has 2 aliphatic rings. The van der Waals surface area contributed by atoms with Gasteiger partial charge in [0.05, 0.1) is 11.1 Å². The summed E-state index contributed by atoms with van der Waals surface area (Å²) in [6, 6.07) is 9.58. The van der Waals surface area contributed by atoms with Crippen molar-refractivity contribution in [3.63, 3.8) is 0 Å². The summed E-state index contributed by atoms with van der Waals surface area (Å²) < 4.78 is 0. The standard InChI is InChI=1S/C23H25N3O2/c27-22(25-12-10-17-6-2-1-3-7-17)19-14-20(16-24-15-19)23(28)26-13-11-18-8-4-5-9-21(18)26/h4-6,8-9,14-16H,1-3,7,10-13H2,(H,25,27). The Kier molecular flexibility index (Phi) is 5.51. The first kappa shape index (κ1) is 18.4. The molecule has 2 heterocycles. The van der Waals surface area contributed by atoms with Crippen LogP contribution >= 0.6 is 0 Å². The smallest absolute Gasteiger partial charge is 0.259 e. The van der Waals surface area contributed by atoms with Gasteiger partial charge in [-0.25, -0.2) is 0 Å². The fourth-order valence-corrected chi connectivity index (χ4v) is 3.96. The highest BCUT2D eigenvalue weighted by atomic mass is 16.2. The van der Waals surface area contributed by atoms with E-state index in [4.69, 9.17) is 0 Å². The first-order valence-electron chi connectivity index (χ1n) is 10.0. The maximum atomic E-state index is 13.0. The molecular weight excluding hydrogens is 350 g/mol. The van der Waals surface area contributed by atoms with E-state index >= 15 is 0 Å². The maximum Gasteiger partial charge on any atom is 0.259 e. The molecule has 28 heavy (non-hydrogen) atoms. The minimum absolute atomic E-state index is 0.112. The van der Waals surface area contributed by atoms with Gasteiger partial charge in [0.1, 0.15) is 0 Å². The second kappa shape index (κ2) is 8.38. The molecular formula is C23H25N3O2. The first-order valence-corrected chi connectivity index (χ1v) is 10.0. The van der Waals surface area contributed by atoms with Crippen LogP contribution < -0.4 is 10.2 Å². The Labute approximate surface area is 165 Å². The lowest BCUT2D eigenvalue weighted by Gasteiger charge is -2.17. The minimum atomic E-state index is -0.180. The summed E-state index contributed by atoms with van der Waals surface area (Å²) in [7, 11) is 0. The highest BCUT2D eigenvalue weighted by Gasteiger charge is 2.25. The van der Waals surface area contributed by atoms with Gasteiger partial charge in [-0.05, 0) is 56.2 Å². The van der Waals surface area contributed by atoms with Gasteiger partial charge in [-0.1, -0.05) is 29.8 Å². The number of nitrogens with one attached hydrogen (secondary N) is 1. The predicted octanol–water partition coefficient (Wildman–Crippen LogP) is 3.90. The van der Waals surface area contributed by atoms with Gasteiger partial charge in [0.25, 0.3) is 11.8 Å². The van der Waals surface area contributed by atoms with Crippen LogP contribution in [0.5, 0.6) is 0 Å². The van der Waals surface area contributed by atoms with Crippen molar-refractivity contribution in [3.8, 4) is 0 Å². The molecule has 2 aromatic rings. The predicted molar refractivity (Wildman–Crippen MR) is 110 cm³/mol. The Bertz CT molecular complexity index is 920. The van der Waals surface area contributed by atoms with Crippen LogP contribution in [0.25, 0.3) is 0 Å². The number of amides is 2. The monoisotopic (exact) mass is 375 g/mol. The quantitative estimate of drug-likeness (QED) is 0.806. The van der Waals surface area contributed by atoms with Crippen LogP contribution in [0.1, 0.15) is 58.4 Å². The van der Waals surface area contributed by atoms with Gasteiger partial charge >= 0.3 is 0 Å². The van der Waals surface area contributed by atoms with Crippen LogP contribution in [0.15, 0.2) is 54.4 Å². The van der Waals surface area contributed by atoms with Gasteiger partial charge in [-0.3, -0.25) is 14.6 Å². The Morgan fingerprint density at radius 1 is 1.07 bits per heavy atom. The molecule has 0 atom stereocenters. The molecule has 1 aliphatic heterocycles. The van der Waals surface area contributed by atoms with E-state index in [0.29, 0.717) is 24.2 Å². The van der Waals surface area contributed by atoms with Crippen LogP contribution in [0.3, 0.4) is 0 Å². The zero-order valence-corrected chi connectivity index (χ0v) is 16.0. The molecule has 0 saturated carbocycles. The van der Waals surface area contributed by atoms with Gasteiger partial charge in [-0.15, -0.1) is 0 Å². The van der Waals surface area contributed by atoms with Crippen LogP contribution in [-0.4, -0.2) is 29.9 Å². The summed E-state index contributed by atoms with van der Waals surface area (Å²) in [5.74, 6) is -0.292. The number of allylic oxidation sites excluding steroid dienone is 1. The van der Waals surface area contributed by atoms with E-state index in [-0.39, 0.29) is 11.8 Å². The summed E-state index contributed by atoms with van der Waals surface area (Å²) in [5.41, 5.74) is 4.43. The van der Waals surface area contributed by atoms with E-state index in [9.17, 15) is 9.59 Å². The van der Waals surface area contributed by atoms with E-state index in [0.717, 1.165) is 31.4 Å². The van der Waals surface area contributed by atoms with Crippen molar-refractivity contribution in [1.29, 1.82) is 0 Å². The van der Waals surface area contributed by atoms with Crippen molar-refractivity contribution >= 4 is 17.5 Å². The second-order valence-electron chi connectivity index (χ2n) is 7.41. The minimum Gasteiger partial charge on any atom is -0.352 e. The number of carbonyl (C=O) groups excluding carboxylic acids is 2. The number of pyridine rings is 1. The first-order chi connectivity index (χ1) is 13.7. The van der Waals surface area contributed by atoms with Gasteiger partial charge in [0.15, 0.2) is 0 Å². The second-order valence-corrected chi connectivity index (χ2v) is 7.41. The molecule has 1 aromatic carbocycles. The number of rotatable bonds is 5. The topological polar surface area (TPSA) is 62.3 Å². The van der Waals surface area contributed by atoms with Crippen LogP contribution in [-0.2, 0) is 6.42 Å². The number of carbonyl (C=O) groups is 2. The number of fused-ring (bicyclic) bond motifs is 1. The van der Waals surface area contributed by atoms with Crippen molar-refractivity contribution in [2.45, 2.75) is 38.5 Å². The van der Waals surface area contributed by atoms with E-state index in [2.05, 4.69) is 16.4 Å². The largest absolute Gasteiger partial charge is 0.352 e. The van der Waals surface area contributed by atoms with Crippen molar-refractivity contribution in [1.82, 2.24) is 10.3 Å². The Morgan fingerprint density at radius 3 is 2.79 bits per heavy atom. The number of anilines is 1. The number of hydrogen-bond acceptors (Lipinski definition) is 3. The van der Waals surface area contributed by atoms with Crippen molar-refractivity contribution in [2.24, 2.45) is 0 Å². The Balaban J connectivity index is 1.40.